The predicted octanol–water partition coefficient (Wildman–Crippen LogP) is 5.69. The Balaban J connectivity index is 1.85. The summed E-state index contributed by atoms with van der Waals surface area (Å²) < 4.78 is 45.2. The quantitative estimate of drug-likeness (QED) is 0.592. The van der Waals surface area contributed by atoms with Crippen LogP contribution in [0.3, 0.4) is 0 Å². The van der Waals surface area contributed by atoms with Crippen molar-refractivity contribution < 1.29 is 32.9 Å². The number of carbonyl (C=O) groups is 1. The average molecular weight is 438 g/mol. The van der Waals surface area contributed by atoms with Crippen molar-refractivity contribution in [3.8, 4) is 11.8 Å². The standard InChI is InChI=1S/C25H17F3O4/c1-24-14-18(23(30)31)20(29)13-21(24)32-22(16-7-3-2-4-8-16)19(24)11-10-15-6-5-9-17(12-15)25(26,27)28/h2-9,12-13,29H,14H2,1H3,(H,30,31). The Bertz CT molecular complexity index is 1260. The van der Waals surface area contributed by atoms with Gasteiger partial charge in [-0.1, -0.05) is 48.2 Å². The molecule has 0 aromatic heterocycles. The molecule has 0 saturated carbocycles. The summed E-state index contributed by atoms with van der Waals surface area (Å²) in [5.41, 5.74) is -0.734. The van der Waals surface area contributed by atoms with E-state index in [0.717, 1.165) is 12.1 Å². The highest BCUT2D eigenvalue weighted by atomic mass is 19.4. The van der Waals surface area contributed by atoms with Crippen LogP contribution in [0.25, 0.3) is 5.76 Å². The van der Waals surface area contributed by atoms with E-state index in [2.05, 4.69) is 11.8 Å². The van der Waals surface area contributed by atoms with Gasteiger partial charge in [-0.25, -0.2) is 4.79 Å². The molecule has 2 aromatic rings. The summed E-state index contributed by atoms with van der Waals surface area (Å²) in [6.45, 7) is 1.74. The Morgan fingerprint density at radius 1 is 1.09 bits per heavy atom. The van der Waals surface area contributed by atoms with E-state index in [1.54, 1.807) is 31.2 Å². The van der Waals surface area contributed by atoms with E-state index >= 15 is 0 Å². The van der Waals surface area contributed by atoms with Crippen molar-refractivity contribution in [2.24, 2.45) is 5.41 Å². The second-order valence-electron chi connectivity index (χ2n) is 7.69. The fourth-order valence-corrected chi connectivity index (χ4v) is 3.75. The maximum absolute atomic E-state index is 13.1. The van der Waals surface area contributed by atoms with Crippen LogP contribution in [0.4, 0.5) is 13.2 Å². The van der Waals surface area contributed by atoms with Crippen molar-refractivity contribution in [3.63, 3.8) is 0 Å². The van der Waals surface area contributed by atoms with Crippen molar-refractivity contribution in [1.29, 1.82) is 0 Å². The molecule has 162 valence electrons. The second kappa shape index (κ2) is 7.65. The first-order valence-electron chi connectivity index (χ1n) is 9.64. The lowest BCUT2D eigenvalue weighted by atomic mass is 9.73. The number of hydrogen-bond acceptors (Lipinski definition) is 3. The summed E-state index contributed by atoms with van der Waals surface area (Å²) in [7, 11) is 0. The number of hydrogen-bond donors (Lipinski definition) is 2. The Labute approximate surface area is 182 Å². The van der Waals surface area contributed by atoms with E-state index in [-0.39, 0.29) is 17.6 Å². The van der Waals surface area contributed by atoms with Gasteiger partial charge >= 0.3 is 12.1 Å². The number of carboxylic acid groups (broad SMARTS) is 1. The summed E-state index contributed by atoms with van der Waals surface area (Å²) in [6, 6.07) is 13.6. The summed E-state index contributed by atoms with van der Waals surface area (Å²) in [5, 5.41) is 19.6. The minimum Gasteiger partial charge on any atom is -0.507 e. The number of aliphatic hydroxyl groups excluding tert-OH is 1. The molecule has 1 atom stereocenters. The van der Waals surface area contributed by atoms with Gasteiger partial charge in [0.2, 0.25) is 0 Å². The molecule has 0 saturated heterocycles. The predicted molar refractivity (Wildman–Crippen MR) is 111 cm³/mol. The van der Waals surface area contributed by atoms with Crippen LogP contribution in [0.5, 0.6) is 0 Å². The Morgan fingerprint density at radius 2 is 1.81 bits per heavy atom. The van der Waals surface area contributed by atoms with E-state index < -0.39 is 28.9 Å². The largest absolute Gasteiger partial charge is 0.507 e. The zero-order valence-corrected chi connectivity index (χ0v) is 16.8. The number of benzene rings is 2. The first kappa shape index (κ1) is 21.3. The normalized spacial score (nSPS) is 20.2. The van der Waals surface area contributed by atoms with Gasteiger partial charge in [0.15, 0.2) is 0 Å². The summed E-state index contributed by atoms with van der Waals surface area (Å²) >= 11 is 0. The highest BCUT2D eigenvalue weighted by molar-refractivity contribution is 5.89. The summed E-state index contributed by atoms with van der Waals surface area (Å²) in [4.78, 5) is 11.6. The smallest absolute Gasteiger partial charge is 0.416 e. The molecule has 2 aliphatic rings. The van der Waals surface area contributed by atoms with Crippen molar-refractivity contribution in [3.05, 3.63) is 100 Å². The fourth-order valence-electron chi connectivity index (χ4n) is 3.75. The van der Waals surface area contributed by atoms with E-state index in [1.165, 1.54) is 18.2 Å². The molecule has 0 bridgehead atoms. The monoisotopic (exact) mass is 438 g/mol. The number of aliphatic hydroxyl groups is 1. The molecular weight excluding hydrogens is 421 g/mol. The third-order valence-electron chi connectivity index (χ3n) is 5.46. The minimum atomic E-state index is -4.49. The first-order valence-corrected chi connectivity index (χ1v) is 9.64. The van der Waals surface area contributed by atoms with Crippen molar-refractivity contribution in [2.75, 3.05) is 0 Å². The maximum atomic E-state index is 13.1. The average Bonchev–Trinajstić information content (AvgIpc) is 3.03. The van der Waals surface area contributed by atoms with Gasteiger partial charge in [-0.3, -0.25) is 0 Å². The van der Waals surface area contributed by atoms with Crippen molar-refractivity contribution in [1.82, 2.24) is 0 Å². The van der Waals surface area contributed by atoms with E-state index in [9.17, 15) is 28.2 Å². The summed E-state index contributed by atoms with van der Waals surface area (Å²) in [6.07, 6.45) is -3.32. The SMILES string of the molecule is CC12CC(C(=O)O)=C(O)C=C1OC(c1ccccc1)=C2C#Cc1cccc(C(F)(F)F)c1. The third kappa shape index (κ3) is 3.76. The van der Waals surface area contributed by atoms with Gasteiger partial charge in [0, 0.05) is 23.6 Å². The van der Waals surface area contributed by atoms with Crippen LogP contribution < -0.4 is 0 Å². The lowest BCUT2D eigenvalue weighted by Crippen LogP contribution is -2.25. The number of aliphatic carboxylic acids is 1. The highest BCUT2D eigenvalue weighted by Gasteiger charge is 2.47. The van der Waals surface area contributed by atoms with Crippen LogP contribution in [0.2, 0.25) is 0 Å². The number of fused-ring (bicyclic) bond motifs is 1. The van der Waals surface area contributed by atoms with Gasteiger partial charge in [0.25, 0.3) is 0 Å². The van der Waals surface area contributed by atoms with Crippen LogP contribution >= 0.6 is 0 Å². The van der Waals surface area contributed by atoms with Crippen LogP contribution in [-0.2, 0) is 15.7 Å². The molecule has 0 radical (unpaired) electrons. The molecule has 4 rings (SSSR count). The van der Waals surface area contributed by atoms with E-state index in [1.807, 2.05) is 6.07 Å². The molecule has 0 fully saturated rings. The number of halogens is 3. The Kier molecular flexibility index (Phi) is 5.09. The maximum Gasteiger partial charge on any atom is 0.416 e. The zero-order valence-electron chi connectivity index (χ0n) is 16.8. The van der Waals surface area contributed by atoms with Gasteiger partial charge in [-0.2, -0.15) is 13.2 Å². The topological polar surface area (TPSA) is 66.8 Å². The van der Waals surface area contributed by atoms with E-state index in [0.29, 0.717) is 22.7 Å². The molecule has 2 aromatic carbocycles. The molecule has 1 heterocycles. The van der Waals surface area contributed by atoms with Crippen molar-refractivity contribution in [2.45, 2.75) is 19.5 Å². The first-order chi connectivity index (χ1) is 15.1. The Morgan fingerprint density at radius 3 is 2.47 bits per heavy atom. The molecular formula is C25H17F3O4. The van der Waals surface area contributed by atoms with Crippen LogP contribution in [0.1, 0.15) is 30.0 Å². The molecule has 0 spiro atoms. The molecule has 1 unspecified atom stereocenters. The molecule has 32 heavy (non-hydrogen) atoms. The number of allylic oxidation sites excluding steroid dienone is 2. The van der Waals surface area contributed by atoms with Gasteiger partial charge < -0.3 is 14.9 Å². The summed E-state index contributed by atoms with van der Waals surface area (Å²) in [5.74, 6) is 4.74. The van der Waals surface area contributed by atoms with Crippen LogP contribution in [0, 0.1) is 17.3 Å². The Hall–Kier alpha value is -3.92. The number of rotatable bonds is 2. The molecule has 1 aliphatic heterocycles. The number of carboxylic acids is 1. The van der Waals surface area contributed by atoms with Gasteiger partial charge in [0.1, 0.15) is 17.3 Å². The molecule has 1 aliphatic carbocycles. The van der Waals surface area contributed by atoms with Gasteiger partial charge in [-0.05, 0) is 25.1 Å². The number of alkyl halides is 3. The molecule has 4 nitrogen and oxygen atoms in total. The fraction of sp³-hybridized carbons (Fsp3) is 0.160. The van der Waals surface area contributed by atoms with Gasteiger partial charge in [-0.15, -0.1) is 0 Å². The zero-order chi connectivity index (χ0) is 23.1. The molecule has 0 amide bonds. The molecule has 7 heteroatoms. The minimum absolute atomic E-state index is 0.0804. The lowest BCUT2D eigenvalue weighted by molar-refractivity contribution is -0.137. The van der Waals surface area contributed by atoms with Crippen LogP contribution in [-0.4, -0.2) is 16.2 Å². The molecule has 2 N–H and O–H groups in total. The lowest BCUT2D eigenvalue weighted by Gasteiger charge is -2.28. The van der Waals surface area contributed by atoms with Crippen LogP contribution in [0.15, 0.2) is 83.3 Å². The number of ether oxygens (including phenoxy) is 1. The van der Waals surface area contributed by atoms with E-state index in [4.69, 9.17) is 4.74 Å². The highest BCUT2D eigenvalue weighted by Crippen LogP contribution is 2.54. The third-order valence-corrected chi connectivity index (χ3v) is 5.46. The second-order valence-corrected chi connectivity index (χ2v) is 7.69. The van der Waals surface area contributed by atoms with Crippen molar-refractivity contribution >= 4 is 11.7 Å². The van der Waals surface area contributed by atoms with Gasteiger partial charge in [0.05, 0.1) is 22.1 Å².